The number of nitrogens with one attached hydrogen (secondary N) is 5. The number of carbonyl (C=O) groups is 1. The van der Waals surface area contributed by atoms with Crippen LogP contribution in [-0.2, 0) is 11.2 Å². The normalized spacial score (nSPS) is 18.6. The van der Waals surface area contributed by atoms with Gasteiger partial charge in [-0.1, -0.05) is 6.07 Å². The maximum absolute atomic E-state index is 11.9. The van der Waals surface area contributed by atoms with Crippen LogP contribution in [0, 0.1) is 0 Å². The molecule has 2 aliphatic heterocycles. The van der Waals surface area contributed by atoms with Crippen molar-refractivity contribution < 1.29 is 14.3 Å². The van der Waals surface area contributed by atoms with Gasteiger partial charge in [-0.05, 0) is 17.7 Å². The lowest BCUT2D eigenvalue weighted by Crippen LogP contribution is -2.50. The molecule has 8 nitrogen and oxygen atoms in total. The fourth-order valence-electron chi connectivity index (χ4n) is 2.04. The molecule has 0 saturated carbocycles. The summed E-state index contributed by atoms with van der Waals surface area (Å²) in [7, 11) is 0. The standard InChI is InChI=1S/C12H17N5O3/c18-11(13-12-14-16-17-15-12)7-8-2-3-9-10(6-8)20-5-1-4-19-9/h2-3,6,12,14-17H,1,4-5,7H2,(H,13,18). The van der Waals surface area contributed by atoms with E-state index in [-0.39, 0.29) is 18.6 Å². The zero-order chi connectivity index (χ0) is 13.8. The van der Waals surface area contributed by atoms with Gasteiger partial charge in [-0.15, -0.1) is 0 Å². The molecule has 2 heterocycles. The van der Waals surface area contributed by atoms with E-state index in [0.717, 1.165) is 17.7 Å². The number of hydrazine groups is 3. The maximum Gasteiger partial charge on any atom is 0.226 e. The lowest BCUT2D eigenvalue weighted by atomic mass is 10.1. The van der Waals surface area contributed by atoms with E-state index in [1.165, 1.54) is 0 Å². The van der Waals surface area contributed by atoms with Crippen LogP contribution in [0.2, 0.25) is 0 Å². The van der Waals surface area contributed by atoms with Gasteiger partial charge in [0.25, 0.3) is 0 Å². The van der Waals surface area contributed by atoms with Crippen LogP contribution in [0.1, 0.15) is 12.0 Å². The van der Waals surface area contributed by atoms with E-state index in [0.29, 0.717) is 19.0 Å². The number of amides is 1. The molecule has 1 fully saturated rings. The van der Waals surface area contributed by atoms with Crippen LogP contribution in [0.25, 0.3) is 0 Å². The molecule has 5 N–H and O–H groups in total. The molecule has 1 aromatic carbocycles. The van der Waals surface area contributed by atoms with Gasteiger partial charge in [0, 0.05) is 6.42 Å². The molecule has 3 rings (SSSR count). The van der Waals surface area contributed by atoms with Gasteiger partial charge in [0.15, 0.2) is 17.8 Å². The highest BCUT2D eigenvalue weighted by Crippen LogP contribution is 2.30. The number of rotatable bonds is 3. The van der Waals surface area contributed by atoms with Crippen molar-refractivity contribution in [1.82, 2.24) is 27.2 Å². The summed E-state index contributed by atoms with van der Waals surface area (Å²) in [4.78, 5) is 11.9. The van der Waals surface area contributed by atoms with Gasteiger partial charge >= 0.3 is 0 Å². The fraction of sp³-hybridized carbons (Fsp3) is 0.417. The molecule has 1 aromatic rings. The van der Waals surface area contributed by atoms with E-state index in [4.69, 9.17) is 9.47 Å². The van der Waals surface area contributed by atoms with Gasteiger partial charge in [-0.2, -0.15) is 11.1 Å². The molecule has 1 amide bonds. The Morgan fingerprint density at radius 2 is 1.95 bits per heavy atom. The van der Waals surface area contributed by atoms with Gasteiger partial charge in [0.1, 0.15) is 0 Å². The van der Waals surface area contributed by atoms with Crippen molar-refractivity contribution in [3.8, 4) is 11.5 Å². The molecule has 0 aromatic heterocycles. The van der Waals surface area contributed by atoms with Gasteiger partial charge < -0.3 is 14.8 Å². The van der Waals surface area contributed by atoms with Crippen LogP contribution in [0.3, 0.4) is 0 Å². The first-order chi connectivity index (χ1) is 9.81. The van der Waals surface area contributed by atoms with Crippen LogP contribution in [0.4, 0.5) is 0 Å². The first kappa shape index (κ1) is 13.1. The Bertz CT molecular complexity index is 490. The molecule has 0 unspecified atom stereocenters. The maximum atomic E-state index is 11.9. The van der Waals surface area contributed by atoms with E-state index >= 15 is 0 Å². The third-order valence-corrected chi connectivity index (χ3v) is 2.98. The minimum atomic E-state index is -0.345. The highest BCUT2D eigenvalue weighted by Gasteiger charge is 2.16. The Morgan fingerprint density at radius 3 is 2.75 bits per heavy atom. The third-order valence-electron chi connectivity index (χ3n) is 2.98. The van der Waals surface area contributed by atoms with E-state index in [9.17, 15) is 4.79 Å². The highest BCUT2D eigenvalue weighted by molar-refractivity contribution is 5.79. The van der Waals surface area contributed by atoms with Crippen molar-refractivity contribution >= 4 is 5.91 Å². The minimum Gasteiger partial charge on any atom is -0.490 e. The van der Waals surface area contributed by atoms with Crippen LogP contribution in [0.15, 0.2) is 18.2 Å². The largest absolute Gasteiger partial charge is 0.490 e. The van der Waals surface area contributed by atoms with E-state index in [2.05, 4.69) is 27.2 Å². The Morgan fingerprint density at radius 1 is 1.20 bits per heavy atom. The average molecular weight is 279 g/mol. The van der Waals surface area contributed by atoms with E-state index in [1.54, 1.807) is 0 Å². The quantitative estimate of drug-likeness (QED) is 0.480. The number of fused-ring (bicyclic) bond motifs is 1. The van der Waals surface area contributed by atoms with Crippen LogP contribution in [-0.4, -0.2) is 25.4 Å². The minimum absolute atomic E-state index is 0.102. The lowest BCUT2D eigenvalue weighted by Gasteiger charge is -2.12. The Kier molecular flexibility index (Phi) is 3.97. The Balaban J connectivity index is 1.62. The molecule has 0 atom stereocenters. The molecule has 8 heteroatoms. The molecule has 0 spiro atoms. The monoisotopic (exact) mass is 279 g/mol. The molecule has 0 bridgehead atoms. The summed E-state index contributed by atoms with van der Waals surface area (Å²) in [6, 6.07) is 5.57. The first-order valence-corrected chi connectivity index (χ1v) is 6.50. The van der Waals surface area contributed by atoms with Crippen molar-refractivity contribution in [2.75, 3.05) is 13.2 Å². The van der Waals surface area contributed by atoms with Gasteiger partial charge in [-0.25, -0.2) is 10.9 Å². The number of benzene rings is 1. The zero-order valence-electron chi connectivity index (χ0n) is 10.9. The third kappa shape index (κ3) is 3.17. The summed E-state index contributed by atoms with van der Waals surface area (Å²) in [5, 5.41) is 2.76. The SMILES string of the molecule is O=C(Cc1ccc2c(c1)OCCCO2)NC1NNNN1. The van der Waals surface area contributed by atoms with E-state index < -0.39 is 0 Å². The van der Waals surface area contributed by atoms with Crippen molar-refractivity contribution in [3.05, 3.63) is 23.8 Å². The topological polar surface area (TPSA) is 95.7 Å². The average Bonchev–Trinajstić information content (AvgIpc) is 2.82. The first-order valence-electron chi connectivity index (χ1n) is 6.50. The number of hydrogen-bond donors (Lipinski definition) is 5. The van der Waals surface area contributed by atoms with Crippen LogP contribution < -0.4 is 36.7 Å². The molecule has 0 radical (unpaired) electrons. The van der Waals surface area contributed by atoms with Crippen molar-refractivity contribution in [3.63, 3.8) is 0 Å². The molecule has 1 saturated heterocycles. The fourth-order valence-corrected chi connectivity index (χ4v) is 2.04. The van der Waals surface area contributed by atoms with Crippen LogP contribution in [0.5, 0.6) is 11.5 Å². The highest BCUT2D eigenvalue weighted by atomic mass is 16.5. The molecule has 0 aliphatic carbocycles. The molecule has 20 heavy (non-hydrogen) atoms. The molecule has 108 valence electrons. The summed E-state index contributed by atoms with van der Waals surface area (Å²) >= 11 is 0. The molecular weight excluding hydrogens is 262 g/mol. The number of hydrogen-bond acceptors (Lipinski definition) is 7. The second-order valence-electron chi connectivity index (χ2n) is 4.55. The smallest absolute Gasteiger partial charge is 0.226 e. The number of ether oxygens (including phenoxy) is 2. The number of carbonyl (C=O) groups excluding carboxylic acids is 1. The second-order valence-corrected chi connectivity index (χ2v) is 4.55. The predicted octanol–water partition coefficient (Wildman–Crippen LogP) is -1.09. The van der Waals surface area contributed by atoms with Crippen molar-refractivity contribution in [2.45, 2.75) is 19.1 Å². The van der Waals surface area contributed by atoms with Crippen molar-refractivity contribution in [1.29, 1.82) is 0 Å². The van der Waals surface area contributed by atoms with Gasteiger partial charge in [-0.3, -0.25) is 4.79 Å². The molecular formula is C12H17N5O3. The second kappa shape index (κ2) is 6.06. The molecule has 2 aliphatic rings. The Hall–Kier alpha value is -1.87. The van der Waals surface area contributed by atoms with Crippen molar-refractivity contribution in [2.24, 2.45) is 0 Å². The van der Waals surface area contributed by atoms with Gasteiger partial charge in [0.2, 0.25) is 5.91 Å². The Labute approximate surface area is 116 Å². The summed E-state index contributed by atoms with van der Waals surface area (Å²) in [6.07, 6.45) is 0.794. The van der Waals surface area contributed by atoms with E-state index in [1.807, 2.05) is 18.2 Å². The summed E-state index contributed by atoms with van der Waals surface area (Å²) in [5.74, 6) is 1.34. The lowest BCUT2D eigenvalue weighted by molar-refractivity contribution is -0.121. The van der Waals surface area contributed by atoms with Gasteiger partial charge in [0.05, 0.1) is 19.6 Å². The zero-order valence-corrected chi connectivity index (χ0v) is 10.9. The summed E-state index contributed by atoms with van der Waals surface area (Å²) in [6.45, 7) is 1.29. The predicted molar refractivity (Wildman–Crippen MR) is 70.2 cm³/mol. The summed E-state index contributed by atoms with van der Waals surface area (Å²) in [5.41, 5.74) is 11.7. The summed E-state index contributed by atoms with van der Waals surface area (Å²) < 4.78 is 11.2. The van der Waals surface area contributed by atoms with Crippen LogP contribution >= 0.6 is 0 Å².